The molecule has 2 aromatic carbocycles. The Morgan fingerprint density at radius 1 is 1.04 bits per heavy atom. The van der Waals surface area contributed by atoms with Gasteiger partial charge in [0.1, 0.15) is 10.8 Å². The number of hydrogen-bond acceptors (Lipinski definition) is 5. The number of nitrogens with zero attached hydrogens (tertiary/aromatic N) is 4. The van der Waals surface area contributed by atoms with E-state index >= 15 is 0 Å². The minimum absolute atomic E-state index is 0.707. The van der Waals surface area contributed by atoms with Crippen LogP contribution in [-0.2, 0) is 0 Å². The number of benzene rings is 2. The first-order chi connectivity index (χ1) is 11.2. The highest BCUT2D eigenvalue weighted by atomic mass is 79.9. The summed E-state index contributed by atoms with van der Waals surface area (Å²) in [6, 6.07) is 15.8. The van der Waals surface area contributed by atoms with Gasteiger partial charge in [-0.1, -0.05) is 51.5 Å². The molecule has 0 aliphatic carbocycles. The molecule has 0 bridgehead atoms. The number of fused-ring (bicyclic) bond motifs is 1. The molecular weight excluding hydrogens is 376 g/mol. The molecule has 0 atom stereocenters. The third-order valence-corrected chi connectivity index (χ3v) is 4.89. The molecule has 0 saturated heterocycles. The zero-order chi connectivity index (χ0) is 15.8. The van der Waals surface area contributed by atoms with Gasteiger partial charge in [0.05, 0.1) is 7.11 Å². The summed E-state index contributed by atoms with van der Waals surface area (Å²) in [5.41, 5.74) is 1.98. The second-order valence-electron chi connectivity index (χ2n) is 4.86. The standard InChI is InChI=1S/C16H11BrN4OS/c1-22-13-4-2-3-11(9-13)14-18-19-16-21(14)20-15(23-16)10-5-7-12(17)8-6-10/h2-9H,1H3. The van der Waals surface area contributed by atoms with E-state index in [1.54, 1.807) is 11.6 Å². The zero-order valence-corrected chi connectivity index (χ0v) is 14.5. The summed E-state index contributed by atoms with van der Waals surface area (Å²) in [5.74, 6) is 1.49. The average molecular weight is 387 g/mol. The van der Waals surface area contributed by atoms with E-state index in [0.717, 1.165) is 31.3 Å². The van der Waals surface area contributed by atoms with Crippen molar-refractivity contribution in [3.05, 3.63) is 53.0 Å². The Labute approximate surface area is 144 Å². The molecule has 0 spiro atoms. The lowest BCUT2D eigenvalue weighted by molar-refractivity contribution is 0.415. The summed E-state index contributed by atoms with van der Waals surface area (Å²) < 4.78 is 8.09. The number of methoxy groups -OCH3 is 1. The van der Waals surface area contributed by atoms with Gasteiger partial charge >= 0.3 is 0 Å². The van der Waals surface area contributed by atoms with E-state index in [-0.39, 0.29) is 0 Å². The SMILES string of the molecule is COc1cccc(-c2nnc3sc(-c4ccc(Br)cc4)nn23)c1. The lowest BCUT2D eigenvalue weighted by Gasteiger charge is -2.01. The van der Waals surface area contributed by atoms with E-state index in [1.165, 1.54) is 11.3 Å². The summed E-state index contributed by atoms with van der Waals surface area (Å²) in [5, 5.41) is 14.0. The van der Waals surface area contributed by atoms with Crippen molar-refractivity contribution in [2.45, 2.75) is 0 Å². The van der Waals surface area contributed by atoms with Gasteiger partial charge < -0.3 is 4.74 Å². The molecule has 23 heavy (non-hydrogen) atoms. The third-order valence-electron chi connectivity index (χ3n) is 3.41. The molecule has 0 aliphatic heterocycles. The van der Waals surface area contributed by atoms with Gasteiger partial charge in [-0.2, -0.15) is 9.61 Å². The highest BCUT2D eigenvalue weighted by molar-refractivity contribution is 9.10. The van der Waals surface area contributed by atoms with Crippen LogP contribution in [-0.4, -0.2) is 26.9 Å². The fraction of sp³-hybridized carbons (Fsp3) is 0.0625. The van der Waals surface area contributed by atoms with Crippen LogP contribution in [0.15, 0.2) is 53.0 Å². The van der Waals surface area contributed by atoms with Crippen molar-refractivity contribution >= 4 is 32.2 Å². The maximum Gasteiger partial charge on any atom is 0.235 e. The van der Waals surface area contributed by atoms with Crippen LogP contribution in [0, 0.1) is 0 Å². The van der Waals surface area contributed by atoms with Crippen molar-refractivity contribution in [3.8, 4) is 27.7 Å². The molecule has 0 N–H and O–H groups in total. The maximum atomic E-state index is 5.27. The number of rotatable bonds is 3. The summed E-state index contributed by atoms with van der Waals surface area (Å²) in [4.78, 5) is 0.765. The Hall–Kier alpha value is -2.25. The van der Waals surface area contributed by atoms with Crippen LogP contribution < -0.4 is 4.74 Å². The molecule has 4 aromatic rings. The predicted molar refractivity (Wildman–Crippen MR) is 93.8 cm³/mol. The van der Waals surface area contributed by atoms with Crippen LogP contribution in [0.25, 0.3) is 26.9 Å². The predicted octanol–water partition coefficient (Wildman–Crippen LogP) is 4.29. The second kappa shape index (κ2) is 5.75. The molecule has 5 nitrogen and oxygen atoms in total. The van der Waals surface area contributed by atoms with Crippen LogP contribution in [0.2, 0.25) is 0 Å². The first kappa shape index (κ1) is 14.3. The number of hydrogen-bond donors (Lipinski definition) is 0. The molecular formula is C16H11BrN4OS. The topological polar surface area (TPSA) is 52.3 Å². The van der Waals surface area contributed by atoms with E-state index in [1.807, 2.05) is 48.5 Å². The highest BCUT2D eigenvalue weighted by Gasteiger charge is 2.14. The van der Waals surface area contributed by atoms with Gasteiger partial charge in [0.25, 0.3) is 0 Å². The summed E-state index contributed by atoms with van der Waals surface area (Å²) in [7, 11) is 1.65. The van der Waals surface area contributed by atoms with Crippen molar-refractivity contribution in [2.24, 2.45) is 0 Å². The molecule has 7 heteroatoms. The lowest BCUT2D eigenvalue weighted by Crippen LogP contribution is -1.92. The average Bonchev–Trinajstić information content (AvgIpc) is 3.16. The second-order valence-corrected chi connectivity index (χ2v) is 6.74. The first-order valence-electron chi connectivity index (χ1n) is 6.87. The fourth-order valence-corrected chi connectivity index (χ4v) is 3.38. The van der Waals surface area contributed by atoms with Gasteiger partial charge in [0.2, 0.25) is 4.96 Å². The maximum absolute atomic E-state index is 5.27. The molecule has 0 aliphatic rings. The number of halogens is 1. The van der Waals surface area contributed by atoms with Gasteiger partial charge in [0, 0.05) is 15.6 Å². The van der Waals surface area contributed by atoms with Crippen molar-refractivity contribution in [1.29, 1.82) is 0 Å². The molecule has 0 saturated carbocycles. The normalized spacial score (nSPS) is 11.0. The lowest BCUT2D eigenvalue weighted by atomic mass is 10.2. The molecule has 0 unspecified atom stereocenters. The largest absolute Gasteiger partial charge is 0.497 e. The van der Waals surface area contributed by atoms with Gasteiger partial charge in [-0.05, 0) is 24.3 Å². The Kier molecular flexibility index (Phi) is 3.59. The highest BCUT2D eigenvalue weighted by Crippen LogP contribution is 2.29. The number of ether oxygens (including phenoxy) is 1. The van der Waals surface area contributed by atoms with Crippen LogP contribution >= 0.6 is 27.3 Å². The molecule has 0 fully saturated rings. The van der Waals surface area contributed by atoms with E-state index < -0.39 is 0 Å². The van der Waals surface area contributed by atoms with Crippen LogP contribution in [0.1, 0.15) is 0 Å². The summed E-state index contributed by atoms with van der Waals surface area (Å²) >= 11 is 4.96. The first-order valence-corrected chi connectivity index (χ1v) is 8.48. The van der Waals surface area contributed by atoms with Crippen LogP contribution in [0.3, 0.4) is 0 Å². The molecule has 0 amide bonds. The monoisotopic (exact) mass is 386 g/mol. The van der Waals surface area contributed by atoms with E-state index in [9.17, 15) is 0 Å². The van der Waals surface area contributed by atoms with Gasteiger partial charge in [0.15, 0.2) is 5.82 Å². The Morgan fingerprint density at radius 2 is 1.87 bits per heavy atom. The van der Waals surface area contributed by atoms with Crippen LogP contribution in [0.4, 0.5) is 0 Å². The Morgan fingerprint density at radius 3 is 2.65 bits per heavy atom. The Bertz CT molecular complexity index is 977. The van der Waals surface area contributed by atoms with Crippen molar-refractivity contribution < 1.29 is 4.74 Å². The van der Waals surface area contributed by atoms with Gasteiger partial charge in [-0.25, -0.2) is 0 Å². The van der Waals surface area contributed by atoms with Crippen molar-refractivity contribution in [2.75, 3.05) is 7.11 Å². The van der Waals surface area contributed by atoms with E-state index in [2.05, 4.69) is 31.2 Å². The molecule has 114 valence electrons. The Balaban J connectivity index is 1.81. The van der Waals surface area contributed by atoms with E-state index in [4.69, 9.17) is 4.74 Å². The molecule has 2 aromatic heterocycles. The smallest absolute Gasteiger partial charge is 0.235 e. The third kappa shape index (κ3) is 2.62. The number of aromatic nitrogens is 4. The van der Waals surface area contributed by atoms with Crippen molar-refractivity contribution in [1.82, 2.24) is 19.8 Å². The van der Waals surface area contributed by atoms with E-state index in [0.29, 0.717) is 5.82 Å². The van der Waals surface area contributed by atoms with Crippen molar-refractivity contribution in [3.63, 3.8) is 0 Å². The molecule has 0 radical (unpaired) electrons. The zero-order valence-electron chi connectivity index (χ0n) is 12.1. The minimum atomic E-state index is 0.707. The fourth-order valence-electron chi connectivity index (χ4n) is 2.27. The van der Waals surface area contributed by atoms with Crippen LogP contribution in [0.5, 0.6) is 5.75 Å². The summed E-state index contributed by atoms with van der Waals surface area (Å²) in [6.07, 6.45) is 0. The molecule has 2 heterocycles. The van der Waals surface area contributed by atoms with Gasteiger partial charge in [-0.3, -0.25) is 0 Å². The van der Waals surface area contributed by atoms with Gasteiger partial charge in [-0.15, -0.1) is 10.2 Å². The minimum Gasteiger partial charge on any atom is -0.497 e. The molecule has 4 rings (SSSR count). The summed E-state index contributed by atoms with van der Waals surface area (Å²) in [6.45, 7) is 0. The quantitative estimate of drug-likeness (QED) is 0.526.